The van der Waals surface area contributed by atoms with Gasteiger partial charge in [-0.3, -0.25) is 4.90 Å². The molecular formula is C20H27N3O4. The molecular weight excluding hydrogens is 346 g/mol. The molecule has 1 aromatic rings. The summed E-state index contributed by atoms with van der Waals surface area (Å²) in [4.78, 5) is 29.9. The van der Waals surface area contributed by atoms with Gasteiger partial charge < -0.3 is 19.6 Å². The summed E-state index contributed by atoms with van der Waals surface area (Å²) in [6.45, 7) is 3.84. The zero-order valence-electron chi connectivity index (χ0n) is 15.5. The van der Waals surface area contributed by atoms with Crippen LogP contribution in [0.15, 0.2) is 24.3 Å². The Morgan fingerprint density at radius 1 is 1.11 bits per heavy atom. The number of carbonyl (C=O) groups excluding carboxylic acids is 1. The standard InChI is InChI=1S/C20H27N3O4/c24-19-22(13-15-5-9-21(10-6-15)20(25)26)14-16-3-1-2-4-18(16)23(19)17-7-11-27-12-8-17/h1-4,15,17H,5-14H2,(H,25,26). The second-order valence-corrected chi connectivity index (χ2v) is 7.72. The molecule has 146 valence electrons. The Morgan fingerprint density at radius 3 is 2.52 bits per heavy atom. The summed E-state index contributed by atoms with van der Waals surface area (Å²) in [5.41, 5.74) is 2.22. The maximum Gasteiger partial charge on any atom is 0.407 e. The van der Waals surface area contributed by atoms with Crippen molar-refractivity contribution in [3.05, 3.63) is 29.8 Å². The van der Waals surface area contributed by atoms with Crippen LogP contribution in [0.5, 0.6) is 0 Å². The van der Waals surface area contributed by atoms with Gasteiger partial charge in [-0.2, -0.15) is 0 Å². The summed E-state index contributed by atoms with van der Waals surface area (Å²) in [5.74, 6) is 0.353. The number of carboxylic acid groups (broad SMARTS) is 1. The van der Waals surface area contributed by atoms with Gasteiger partial charge in [-0.25, -0.2) is 9.59 Å². The molecule has 1 N–H and O–H groups in total. The average Bonchev–Trinajstić information content (AvgIpc) is 2.70. The van der Waals surface area contributed by atoms with E-state index in [1.807, 2.05) is 28.0 Å². The van der Waals surface area contributed by atoms with Crippen LogP contribution in [0, 0.1) is 5.92 Å². The maximum atomic E-state index is 13.3. The number of ether oxygens (including phenoxy) is 1. The zero-order chi connectivity index (χ0) is 18.8. The second kappa shape index (κ2) is 7.76. The number of urea groups is 1. The number of rotatable bonds is 3. The lowest BCUT2D eigenvalue weighted by Gasteiger charge is -2.44. The fourth-order valence-electron chi connectivity index (χ4n) is 4.47. The van der Waals surface area contributed by atoms with Gasteiger partial charge in [-0.05, 0) is 43.2 Å². The van der Waals surface area contributed by atoms with Crippen LogP contribution in [-0.4, -0.2) is 65.9 Å². The van der Waals surface area contributed by atoms with Gasteiger partial charge in [0.2, 0.25) is 0 Å². The van der Waals surface area contributed by atoms with Crippen LogP contribution in [0.3, 0.4) is 0 Å². The van der Waals surface area contributed by atoms with E-state index in [1.54, 1.807) is 0 Å². The van der Waals surface area contributed by atoms with E-state index in [0.717, 1.165) is 31.4 Å². The number of amides is 3. The molecule has 0 aromatic heterocycles. The topological polar surface area (TPSA) is 73.3 Å². The number of benzene rings is 1. The lowest BCUT2D eigenvalue weighted by atomic mass is 9.95. The number of piperidine rings is 1. The predicted octanol–water partition coefficient (Wildman–Crippen LogP) is 3.00. The highest BCUT2D eigenvalue weighted by Crippen LogP contribution is 2.33. The minimum atomic E-state index is -0.845. The van der Waals surface area contributed by atoms with E-state index < -0.39 is 6.09 Å². The molecule has 7 nitrogen and oxygen atoms in total. The minimum Gasteiger partial charge on any atom is -0.465 e. The Bertz CT molecular complexity index is 696. The summed E-state index contributed by atoms with van der Waals surface area (Å²) in [6, 6.07) is 8.44. The number of para-hydroxylation sites is 1. The summed E-state index contributed by atoms with van der Waals surface area (Å²) in [6.07, 6.45) is 2.52. The van der Waals surface area contributed by atoms with E-state index in [2.05, 4.69) is 6.07 Å². The molecule has 0 saturated carbocycles. The Morgan fingerprint density at radius 2 is 1.81 bits per heavy atom. The molecule has 1 aromatic carbocycles. The predicted molar refractivity (Wildman–Crippen MR) is 101 cm³/mol. The Hall–Kier alpha value is -2.28. The quantitative estimate of drug-likeness (QED) is 0.884. The smallest absolute Gasteiger partial charge is 0.407 e. The molecule has 0 atom stereocenters. The highest BCUT2D eigenvalue weighted by Gasteiger charge is 2.37. The van der Waals surface area contributed by atoms with Crippen molar-refractivity contribution in [2.75, 3.05) is 37.7 Å². The van der Waals surface area contributed by atoms with Crippen molar-refractivity contribution in [3.63, 3.8) is 0 Å². The lowest BCUT2D eigenvalue weighted by molar-refractivity contribution is 0.0822. The molecule has 2 fully saturated rings. The molecule has 7 heteroatoms. The van der Waals surface area contributed by atoms with Crippen molar-refractivity contribution in [2.24, 2.45) is 5.92 Å². The number of hydrogen-bond acceptors (Lipinski definition) is 3. The Balaban J connectivity index is 1.49. The highest BCUT2D eigenvalue weighted by molar-refractivity contribution is 5.95. The van der Waals surface area contributed by atoms with Crippen LogP contribution in [0.1, 0.15) is 31.2 Å². The third kappa shape index (κ3) is 3.74. The van der Waals surface area contributed by atoms with E-state index in [0.29, 0.717) is 45.3 Å². The number of hydrogen-bond donors (Lipinski definition) is 1. The Labute approximate surface area is 159 Å². The molecule has 3 amide bonds. The van der Waals surface area contributed by atoms with Crippen molar-refractivity contribution >= 4 is 17.8 Å². The molecule has 0 spiro atoms. The molecule has 0 aliphatic carbocycles. The molecule has 0 radical (unpaired) electrons. The highest BCUT2D eigenvalue weighted by atomic mass is 16.5. The molecule has 0 bridgehead atoms. The number of likely N-dealkylation sites (tertiary alicyclic amines) is 1. The monoisotopic (exact) mass is 373 g/mol. The van der Waals surface area contributed by atoms with Crippen molar-refractivity contribution in [2.45, 2.75) is 38.3 Å². The van der Waals surface area contributed by atoms with E-state index in [1.165, 1.54) is 10.5 Å². The SMILES string of the molecule is O=C(O)N1CCC(CN2Cc3ccccc3N(C3CCOCC3)C2=O)CC1. The van der Waals surface area contributed by atoms with Crippen LogP contribution >= 0.6 is 0 Å². The van der Waals surface area contributed by atoms with E-state index in [-0.39, 0.29) is 12.1 Å². The normalized spacial score (nSPS) is 22.1. The van der Waals surface area contributed by atoms with E-state index in [4.69, 9.17) is 9.84 Å². The van der Waals surface area contributed by atoms with Gasteiger partial charge in [0.15, 0.2) is 0 Å². The van der Waals surface area contributed by atoms with Crippen LogP contribution in [-0.2, 0) is 11.3 Å². The number of fused-ring (bicyclic) bond motifs is 1. The summed E-state index contributed by atoms with van der Waals surface area (Å²) in [7, 11) is 0. The molecule has 3 heterocycles. The number of anilines is 1. The molecule has 3 aliphatic heterocycles. The first-order valence-electron chi connectivity index (χ1n) is 9.85. The third-order valence-electron chi connectivity index (χ3n) is 6.01. The minimum absolute atomic E-state index is 0.0845. The molecule has 3 aliphatic rings. The maximum absolute atomic E-state index is 13.3. The van der Waals surface area contributed by atoms with E-state index >= 15 is 0 Å². The van der Waals surface area contributed by atoms with Gasteiger partial charge in [0.05, 0.1) is 5.69 Å². The van der Waals surface area contributed by atoms with Gasteiger partial charge in [-0.15, -0.1) is 0 Å². The zero-order valence-corrected chi connectivity index (χ0v) is 15.5. The van der Waals surface area contributed by atoms with Crippen LogP contribution < -0.4 is 4.90 Å². The first kappa shape index (κ1) is 18.1. The largest absolute Gasteiger partial charge is 0.465 e. The van der Waals surface area contributed by atoms with Crippen LogP contribution in [0.25, 0.3) is 0 Å². The van der Waals surface area contributed by atoms with Crippen LogP contribution in [0.2, 0.25) is 0 Å². The summed E-state index contributed by atoms with van der Waals surface area (Å²) >= 11 is 0. The molecule has 0 unspecified atom stereocenters. The molecule has 2 saturated heterocycles. The van der Waals surface area contributed by atoms with Crippen molar-refractivity contribution in [1.82, 2.24) is 9.80 Å². The van der Waals surface area contributed by atoms with Gasteiger partial charge in [0, 0.05) is 45.4 Å². The second-order valence-electron chi connectivity index (χ2n) is 7.72. The average molecular weight is 373 g/mol. The first-order chi connectivity index (χ1) is 13.1. The van der Waals surface area contributed by atoms with Gasteiger partial charge in [-0.1, -0.05) is 18.2 Å². The fourth-order valence-corrected chi connectivity index (χ4v) is 4.47. The number of nitrogens with zero attached hydrogens (tertiary/aromatic N) is 3. The van der Waals surface area contributed by atoms with E-state index in [9.17, 15) is 9.59 Å². The first-order valence-corrected chi connectivity index (χ1v) is 9.85. The Kier molecular flexibility index (Phi) is 5.20. The summed E-state index contributed by atoms with van der Waals surface area (Å²) in [5, 5.41) is 9.12. The van der Waals surface area contributed by atoms with Crippen molar-refractivity contribution in [3.8, 4) is 0 Å². The lowest BCUT2D eigenvalue weighted by Crippen LogP contribution is -2.54. The number of carbonyl (C=O) groups is 2. The third-order valence-corrected chi connectivity index (χ3v) is 6.01. The summed E-state index contributed by atoms with van der Waals surface area (Å²) < 4.78 is 5.49. The van der Waals surface area contributed by atoms with Gasteiger partial charge >= 0.3 is 12.1 Å². The molecule has 4 rings (SSSR count). The molecule has 27 heavy (non-hydrogen) atoms. The fraction of sp³-hybridized carbons (Fsp3) is 0.600. The van der Waals surface area contributed by atoms with Crippen molar-refractivity contribution in [1.29, 1.82) is 0 Å². The van der Waals surface area contributed by atoms with Gasteiger partial charge in [0.1, 0.15) is 0 Å². The van der Waals surface area contributed by atoms with Gasteiger partial charge in [0.25, 0.3) is 0 Å². The van der Waals surface area contributed by atoms with Crippen LogP contribution in [0.4, 0.5) is 15.3 Å². The van der Waals surface area contributed by atoms with Crippen molar-refractivity contribution < 1.29 is 19.4 Å².